The second kappa shape index (κ2) is 9.37. The van der Waals surface area contributed by atoms with Crippen LogP contribution in [-0.4, -0.2) is 53.7 Å². The van der Waals surface area contributed by atoms with Crippen molar-refractivity contribution in [2.75, 3.05) is 31.9 Å². The van der Waals surface area contributed by atoms with E-state index in [1.54, 1.807) is 22.7 Å². The van der Waals surface area contributed by atoms with Crippen molar-refractivity contribution in [3.63, 3.8) is 0 Å². The summed E-state index contributed by atoms with van der Waals surface area (Å²) in [5.74, 6) is 0.762. The molecule has 0 aliphatic carbocycles. The van der Waals surface area contributed by atoms with Gasteiger partial charge in [-0.1, -0.05) is 24.3 Å². The largest absolute Gasteiger partial charge is 0.351 e. The summed E-state index contributed by atoms with van der Waals surface area (Å²) in [5, 5.41) is 0. The van der Waals surface area contributed by atoms with E-state index in [-0.39, 0.29) is 11.8 Å². The molecule has 0 aromatic heterocycles. The monoisotopic (exact) mass is 347 g/mol. The van der Waals surface area contributed by atoms with Crippen LogP contribution in [-0.2, 0) is 4.79 Å². The molecular weight excluding hydrogens is 322 g/mol. The Bertz CT molecular complexity index is 565. The van der Waals surface area contributed by atoms with Gasteiger partial charge in [-0.05, 0) is 25.0 Å². The van der Waals surface area contributed by atoms with E-state index < -0.39 is 6.03 Å². The highest BCUT2D eigenvalue weighted by atomic mass is 32.2. The van der Waals surface area contributed by atoms with Gasteiger partial charge in [0.1, 0.15) is 0 Å². The summed E-state index contributed by atoms with van der Waals surface area (Å²) in [4.78, 5) is 28.7. The van der Waals surface area contributed by atoms with Crippen molar-refractivity contribution in [3.8, 4) is 0 Å². The van der Waals surface area contributed by atoms with Gasteiger partial charge in [-0.15, -0.1) is 18.3 Å². The van der Waals surface area contributed by atoms with E-state index >= 15 is 0 Å². The van der Waals surface area contributed by atoms with E-state index in [0.717, 1.165) is 18.6 Å². The van der Waals surface area contributed by atoms with Crippen LogP contribution in [0, 0.1) is 5.92 Å². The average Bonchev–Trinajstić information content (AvgIpc) is 2.61. The predicted octanol–water partition coefficient (Wildman–Crippen LogP) is 2.58. The number of urea groups is 1. The zero-order valence-corrected chi connectivity index (χ0v) is 14.7. The Morgan fingerprint density at radius 1 is 1.38 bits per heavy atom. The van der Waals surface area contributed by atoms with E-state index in [9.17, 15) is 9.59 Å². The Morgan fingerprint density at radius 2 is 2.12 bits per heavy atom. The smallest absolute Gasteiger partial charge is 0.314 e. The van der Waals surface area contributed by atoms with Crippen molar-refractivity contribution in [1.82, 2.24) is 9.80 Å². The normalized spacial score (nSPS) is 17.3. The molecule has 130 valence electrons. The fourth-order valence-electron chi connectivity index (χ4n) is 2.87. The molecule has 0 unspecified atom stereocenters. The number of nitrogens with zero attached hydrogens (tertiary/aromatic N) is 2. The lowest BCUT2D eigenvalue weighted by Gasteiger charge is -2.33. The number of carbonyl (C=O) groups excluding carboxylic acids is 2. The fourth-order valence-corrected chi connectivity index (χ4v) is 3.77. The Balaban J connectivity index is 1.89. The maximum atomic E-state index is 12.8. The number of rotatable bonds is 7. The molecule has 1 aromatic carbocycles. The average molecular weight is 347 g/mol. The summed E-state index contributed by atoms with van der Waals surface area (Å²) in [7, 11) is 0. The molecule has 1 aromatic rings. The van der Waals surface area contributed by atoms with Crippen LogP contribution < -0.4 is 5.73 Å². The Hall–Kier alpha value is -1.95. The predicted molar refractivity (Wildman–Crippen MR) is 97.8 cm³/mol. The Morgan fingerprint density at radius 3 is 2.79 bits per heavy atom. The number of piperidine rings is 1. The Kier molecular flexibility index (Phi) is 7.18. The van der Waals surface area contributed by atoms with Crippen LogP contribution in [0.25, 0.3) is 0 Å². The molecule has 3 amide bonds. The molecule has 2 N–H and O–H groups in total. The zero-order chi connectivity index (χ0) is 17.4. The lowest BCUT2D eigenvalue weighted by Crippen LogP contribution is -2.48. The van der Waals surface area contributed by atoms with E-state index in [0.29, 0.717) is 26.2 Å². The number of hydrogen-bond acceptors (Lipinski definition) is 3. The first-order chi connectivity index (χ1) is 11.6. The number of benzene rings is 1. The SMILES string of the molecule is C=CCN(CCSc1ccccc1)C(=O)[C@H]1CCCN(C(N)=O)C1. The van der Waals surface area contributed by atoms with Crippen LogP contribution in [0.1, 0.15) is 12.8 Å². The van der Waals surface area contributed by atoms with Gasteiger partial charge in [0.15, 0.2) is 0 Å². The van der Waals surface area contributed by atoms with Crippen molar-refractivity contribution in [3.05, 3.63) is 43.0 Å². The zero-order valence-electron chi connectivity index (χ0n) is 13.9. The number of hydrogen-bond donors (Lipinski definition) is 1. The number of carbonyl (C=O) groups is 2. The minimum atomic E-state index is -0.442. The van der Waals surface area contributed by atoms with Crippen LogP contribution >= 0.6 is 11.8 Å². The van der Waals surface area contributed by atoms with Gasteiger partial charge in [0, 0.05) is 36.8 Å². The van der Waals surface area contributed by atoms with Crippen LogP contribution in [0.4, 0.5) is 4.79 Å². The maximum Gasteiger partial charge on any atom is 0.314 e. The maximum absolute atomic E-state index is 12.8. The van der Waals surface area contributed by atoms with Gasteiger partial charge in [-0.3, -0.25) is 4.79 Å². The van der Waals surface area contributed by atoms with Crippen molar-refractivity contribution < 1.29 is 9.59 Å². The third-order valence-corrected chi connectivity index (χ3v) is 5.11. The third kappa shape index (κ3) is 5.30. The first kappa shape index (κ1) is 18.4. The van der Waals surface area contributed by atoms with E-state index in [1.165, 1.54) is 4.90 Å². The standard InChI is InChI=1S/C18H25N3O2S/c1-2-10-20(12-13-24-16-8-4-3-5-9-16)17(22)15-7-6-11-21(14-15)18(19)23/h2-5,8-9,15H,1,6-7,10-14H2,(H2,19,23)/t15-/m0/s1. The summed E-state index contributed by atoms with van der Waals surface area (Å²) in [6, 6.07) is 9.70. The molecule has 0 spiro atoms. The minimum Gasteiger partial charge on any atom is -0.351 e. The number of amides is 3. The summed E-state index contributed by atoms with van der Waals surface area (Å²) in [6.45, 7) is 6.01. The van der Waals surface area contributed by atoms with Gasteiger partial charge in [-0.25, -0.2) is 4.79 Å². The molecule has 0 radical (unpaired) electrons. The van der Waals surface area contributed by atoms with E-state index in [1.807, 2.05) is 23.1 Å². The van der Waals surface area contributed by atoms with Crippen molar-refractivity contribution in [1.29, 1.82) is 0 Å². The van der Waals surface area contributed by atoms with Crippen LogP contribution in [0.2, 0.25) is 0 Å². The summed E-state index contributed by atoms with van der Waals surface area (Å²) < 4.78 is 0. The third-order valence-electron chi connectivity index (χ3n) is 4.12. The van der Waals surface area contributed by atoms with Gasteiger partial charge >= 0.3 is 6.03 Å². The molecule has 1 fully saturated rings. The van der Waals surface area contributed by atoms with Gasteiger partial charge in [-0.2, -0.15) is 0 Å². The fraction of sp³-hybridized carbons (Fsp3) is 0.444. The first-order valence-corrected chi connectivity index (χ1v) is 9.22. The lowest BCUT2D eigenvalue weighted by molar-refractivity contribution is -0.136. The molecule has 1 saturated heterocycles. The quantitative estimate of drug-likeness (QED) is 0.609. The minimum absolute atomic E-state index is 0.0921. The molecule has 1 aliphatic heterocycles. The van der Waals surface area contributed by atoms with Crippen molar-refractivity contribution in [2.45, 2.75) is 17.7 Å². The number of likely N-dealkylation sites (tertiary alicyclic amines) is 1. The summed E-state index contributed by atoms with van der Waals surface area (Å²) in [5.41, 5.74) is 5.35. The van der Waals surface area contributed by atoms with Gasteiger partial charge in [0.2, 0.25) is 5.91 Å². The topological polar surface area (TPSA) is 66.6 Å². The van der Waals surface area contributed by atoms with Crippen LogP contribution in [0.15, 0.2) is 47.9 Å². The highest BCUT2D eigenvalue weighted by Gasteiger charge is 2.30. The number of nitrogens with two attached hydrogens (primary N) is 1. The molecule has 6 heteroatoms. The number of primary amides is 1. The highest BCUT2D eigenvalue weighted by molar-refractivity contribution is 7.99. The molecule has 1 atom stereocenters. The number of thioether (sulfide) groups is 1. The molecule has 5 nitrogen and oxygen atoms in total. The second-order valence-corrected chi connectivity index (χ2v) is 7.03. The first-order valence-electron chi connectivity index (χ1n) is 8.23. The van der Waals surface area contributed by atoms with Crippen molar-refractivity contribution in [2.24, 2.45) is 11.7 Å². The molecular formula is C18H25N3O2S. The van der Waals surface area contributed by atoms with E-state index in [4.69, 9.17) is 5.73 Å². The molecule has 2 rings (SSSR count). The van der Waals surface area contributed by atoms with Gasteiger partial charge < -0.3 is 15.5 Å². The van der Waals surface area contributed by atoms with Gasteiger partial charge in [0.05, 0.1) is 5.92 Å². The highest BCUT2D eigenvalue weighted by Crippen LogP contribution is 2.21. The van der Waals surface area contributed by atoms with Crippen LogP contribution in [0.3, 0.4) is 0 Å². The molecule has 1 aliphatic rings. The van der Waals surface area contributed by atoms with Crippen LogP contribution in [0.5, 0.6) is 0 Å². The molecule has 1 heterocycles. The molecule has 0 saturated carbocycles. The summed E-state index contributed by atoms with van der Waals surface area (Å²) in [6.07, 6.45) is 3.38. The molecule has 24 heavy (non-hydrogen) atoms. The van der Waals surface area contributed by atoms with Gasteiger partial charge in [0.25, 0.3) is 0 Å². The molecule has 0 bridgehead atoms. The second-order valence-electron chi connectivity index (χ2n) is 5.86. The Labute approximate surface area is 147 Å². The van der Waals surface area contributed by atoms with E-state index in [2.05, 4.69) is 18.7 Å². The van der Waals surface area contributed by atoms with Crippen molar-refractivity contribution >= 4 is 23.7 Å². The lowest BCUT2D eigenvalue weighted by atomic mass is 9.96. The summed E-state index contributed by atoms with van der Waals surface area (Å²) >= 11 is 1.73.